The first-order chi connectivity index (χ1) is 10.0. The molecule has 0 bridgehead atoms. The van der Waals surface area contributed by atoms with Crippen LogP contribution in [0.1, 0.15) is 25.3 Å². The number of carbonyl (C=O) groups is 1. The molecule has 0 aromatic heterocycles. The van der Waals surface area contributed by atoms with Crippen molar-refractivity contribution in [1.29, 1.82) is 0 Å². The highest BCUT2D eigenvalue weighted by molar-refractivity contribution is 5.70. The van der Waals surface area contributed by atoms with Gasteiger partial charge in [0, 0.05) is 6.54 Å². The van der Waals surface area contributed by atoms with Crippen LogP contribution < -0.4 is 4.74 Å². The Morgan fingerprint density at radius 3 is 2.76 bits per heavy atom. The molecule has 1 N–H and O–H groups in total. The van der Waals surface area contributed by atoms with Gasteiger partial charge in [0.25, 0.3) is 0 Å². The van der Waals surface area contributed by atoms with E-state index in [9.17, 15) is 4.79 Å². The van der Waals surface area contributed by atoms with Crippen molar-refractivity contribution >= 4 is 5.97 Å². The number of rotatable bonds is 6. The number of hydrogen-bond donors (Lipinski definition) is 1. The average Bonchev–Trinajstić information content (AvgIpc) is 2.46. The molecule has 114 valence electrons. The van der Waals surface area contributed by atoms with E-state index in [0.717, 1.165) is 43.8 Å². The summed E-state index contributed by atoms with van der Waals surface area (Å²) in [6, 6.07) is 8.07. The van der Waals surface area contributed by atoms with Crippen molar-refractivity contribution in [1.82, 2.24) is 4.90 Å². The van der Waals surface area contributed by atoms with Gasteiger partial charge in [-0.1, -0.05) is 18.7 Å². The number of benzene rings is 1. The van der Waals surface area contributed by atoms with Crippen LogP contribution in [0.3, 0.4) is 0 Å². The van der Waals surface area contributed by atoms with E-state index in [2.05, 4.69) is 17.5 Å². The van der Waals surface area contributed by atoms with Gasteiger partial charge in [0.15, 0.2) is 0 Å². The van der Waals surface area contributed by atoms with E-state index in [-0.39, 0.29) is 5.92 Å². The molecule has 1 saturated heterocycles. The van der Waals surface area contributed by atoms with Gasteiger partial charge < -0.3 is 9.84 Å². The van der Waals surface area contributed by atoms with Crippen molar-refractivity contribution < 1.29 is 14.6 Å². The molecular weight excluding hydrogens is 266 g/mol. The van der Waals surface area contributed by atoms with Crippen molar-refractivity contribution in [3.05, 3.63) is 42.0 Å². The van der Waals surface area contributed by atoms with Gasteiger partial charge in [-0.3, -0.25) is 9.69 Å². The van der Waals surface area contributed by atoms with Crippen molar-refractivity contribution in [3.8, 4) is 5.75 Å². The Kier molecular flexibility index (Phi) is 5.39. The Labute approximate surface area is 126 Å². The van der Waals surface area contributed by atoms with Gasteiger partial charge in [-0.25, -0.2) is 0 Å². The summed E-state index contributed by atoms with van der Waals surface area (Å²) in [6.07, 6.45) is 1.47. The predicted octanol–water partition coefficient (Wildman–Crippen LogP) is 2.94. The minimum atomic E-state index is -0.662. The summed E-state index contributed by atoms with van der Waals surface area (Å²) in [5.74, 6) is 0.0206. The van der Waals surface area contributed by atoms with E-state index >= 15 is 0 Å². The second-order valence-corrected chi connectivity index (χ2v) is 5.78. The molecule has 2 rings (SSSR count). The third kappa shape index (κ3) is 4.90. The van der Waals surface area contributed by atoms with Crippen molar-refractivity contribution in [2.75, 3.05) is 19.7 Å². The monoisotopic (exact) mass is 289 g/mol. The molecule has 4 heteroatoms. The Bertz CT molecular complexity index is 505. The Hall–Kier alpha value is -1.81. The summed E-state index contributed by atoms with van der Waals surface area (Å²) in [5.41, 5.74) is 2.19. The Morgan fingerprint density at radius 1 is 1.43 bits per heavy atom. The van der Waals surface area contributed by atoms with Crippen LogP contribution in [0.2, 0.25) is 0 Å². The first kappa shape index (κ1) is 15.6. The zero-order chi connectivity index (χ0) is 15.2. The maximum atomic E-state index is 10.9. The van der Waals surface area contributed by atoms with Crippen LogP contribution in [0.15, 0.2) is 36.4 Å². The molecule has 0 aliphatic carbocycles. The normalized spacial score (nSPS) is 16.6. The van der Waals surface area contributed by atoms with Crippen LogP contribution >= 0.6 is 0 Å². The molecule has 1 heterocycles. The molecule has 1 aliphatic rings. The fourth-order valence-corrected chi connectivity index (χ4v) is 2.54. The largest absolute Gasteiger partial charge is 0.489 e. The quantitative estimate of drug-likeness (QED) is 0.818. The molecular formula is C17H23NO3. The van der Waals surface area contributed by atoms with Crippen LogP contribution in [0.25, 0.3) is 0 Å². The van der Waals surface area contributed by atoms with Gasteiger partial charge >= 0.3 is 5.97 Å². The zero-order valence-electron chi connectivity index (χ0n) is 12.5. The third-order valence-corrected chi connectivity index (χ3v) is 3.73. The highest BCUT2D eigenvalue weighted by Crippen LogP contribution is 2.21. The van der Waals surface area contributed by atoms with Crippen molar-refractivity contribution in [2.45, 2.75) is 26.3 Å². The summed E-state index contributed by atoms with van der Waals surface area (Å²) >= 11 is 0. The van der Waals surface area contributed by atoms with Crippen LogP contribution in [0.5, 0.6) is 5.75 Å². The molecule has 0 amide bonds. The SMILES string of the molecule is C=C(C)COc1cccc(CN2CCC(C(=O)O)CC2)c1. The van der Waals surface area contributed by atoms with E-state index < -0.39 is 5.97 Å². The highest BCUT2D eigenvalue weighted by Gasteiger charge is 2.24. The summed E-state index contributed by atoms with van der Waals surface area (Å²) in [5, 5.41) is 9.01. The fourth-order valence-electron chi connectivity index (χ4n) is 2.54. The van der Waals surface area contributed by atoms with Crippen LogP contribution in [-0.2, 0) is 11.3 Å². The number of carboxylic acid groups (broad SMARTS) is 1. The third-order valence-electron chi connectivity index (χ3n) is 3.73. The first-order valence-electron chi connectivity index (χ1n) is 7.36. The number of hydrogen-bond acceptors (Lipinski definition) is 3. The van der Waals surface area contributed by atoms with E-state index in [4.69, 9.17) is 9.84 Å². The lowest BCUT2D eigenvalue weighted by molar-refractivity contribution is -0.143. The van der Waals surface area contributed by atoms with Gasteiger partial charge in [0.1, 0.15) is 12.4 Å². The van der Waals surface area contributed by atoms with E-state index in [1.54, 1.807) is 0 Å². The van der Waals surface area contributed by atoms with Crippen molar-refractivity contribution in [2.24, 2.45) is 5.92 Å². The van der Waals surface area contributed by atoms with Gasteiger partial charge in [0.2, 0.25) is 0 Å². The lowest BCUT2D eigenvalue weighted by atomic mass is 9.97. The number of carboxylic acids is 1. The van der Waals surface area contributed by atoms with Gasteiger partial charge in [-0.05, 0) is 56.1 Å². The molecule has 0 saturated carbocycles. The molecule has 0 unspecified atom stereocenters. The van der Waals surface area contributed by atoms with Gasteiger partial charge in [0.05, 0.1) is 5.92 Å². The average molecular weight is 289 g/mol. The molecule has 1 aromatic carbocycles. The second-order valence-electron chi connectivity index (χ2n) is 5.78. The summed E-state index contributed by atoms with van der Waals surface area (Å²) in [7, 11) is 0. The minimum absolute atomic E-state index is 0.175. The van der Waals surface area contributed by atoms with Crippen LogP contribution in [0, 0.1) is 5.92 Å². The molecule has 21 heavy (non-hydrogen) atoms. The topological polar surface area (TPSA) is 49.8 Å². The minimum Gasteiger partial charge on any atom is -0.489 e. The first-order valence-corrected chi connectivity index (χ1v) is 7.36. The van der Waals surface area contributed by atoms with E-state index in [0.29, 0.717) is 6.61 Å². The number of nitrogens with zero attached hydrogens (tertiary/aromatic N) is 1. The molecule has 1 aromatic rings. The smallest absolute Gasteiger partial charge is 0.306 e. The zero-order valence-corrected chi connectivity index (χ0v) is 12.5. The standard InChI is InChI=1S/C17H23NO3/c1-13(2)12-21-16-5-3-4-14(10-16)11-18-8-6-15(7-9-18)17(19)20/h3-5,10,15H,1,6-9,11-12H2,2H3,(H,19,20). The molecule has 0 spiro atoms. The van der Waals surface area contributed by atoms with Gasteiger partial charge in [-0.15, -0.1) is 0 Å². The number of aliphatic carboxylic acids is 1. The Balaban J connectivity index is 1.87. The summed E-state index contributed by atoms with van der Waals surface area (Å²) in [4.78, 5) is 13.3. The second kappa shape index (κ2) is 7.27. The Morgan fingerprint density at radius 2 is 2.14 bits per heavy atom. The number of likely N-dealkylation sites (tertiary alicyclic amines) is 1. The summed E-state index contributed by atoms with van der Waals surface area (Å²) in [6.45, 7) is 8.83. The fraction of sp³-hybridized carbons (Fsp3) is 0.471. The summed E-state index contributed by atoms with van der Waals surface area (Å²) < 4.78 is 5.65. The predicted molar refractivity (Wildman–Crippen MR) is 82.4 cm³/mol. The maximum absolute atomic E-state index is 10.9. The molecule has 4 nitrogen and oxygen atoms in total. The van der Waals surface area contributed by atoms with E-state index in [1.807, 2.05) is 25.1 Å². The van der Waals surface area contributed by atoms with Crippen LogP contribution in [-0.4, -0.2) is 35.7 Å². The van der Waals surface area contributed by atoms with E-state index in [1.165, 1.54) is 5.56 Å². The lowest BCUT2D eigenvalue weighted by Gasteiger charge is -2.30. The lowest BCUT2D eigenvalue weighted by Crippen LogP contribution is -2.35. The molecule has 1 fully saturated rings. The van der Waals surface area contributed by atoms with Crippen molar-refractivity contribution in [3.63, 3.8) is 0 Å². The number of ether oxygens (including phenoxy) is 1. The molecule has 1 aliphatic heterocycles. The molecule has 0 atom stereocenters. The maximum Gasteiger partial charge on any atom is 0.306 e. The van der Waals surface area contributed by atoms with Gasteiger partial charge in [-0.2, -0.15) is 0 Å². The highest BCUT2D eigenvalue weighted by atomic mass is 16.5. The molecule has 0 radical (unpaired) electrons. The van der Waals surface area contributed by atoms with Crippen LogP contribution in [0.4, 0.5) is 0 Å². The number of piperidine rings is 1.